The molecule has 1 aromatic heterocycles. The number of nitrogens with one attached hydrogen (secondary N) is 1. The molecule has 22 heavy (non-hydrogen) atoms. The van der Waals surface area contributed by atoms with E-state index >= 15 is 0 Å². The molecule has 1 heterocycles. The largest absolute Gasteiger partial charge is 0.497 e. The molecular formula is C17H20N2O3. The first-order chi connectivity index (χ1) is 10.6. The van der Waals surface area contributed by atoms with E-state index in [1.807, 2.05) is 32.0 Å². The van der Waals surface area contributed by atoms with E-state index in [4.69, 9.17) is 9.26 Å². The number of carbonyl (C=O) groups excluding carboxylic acids is 1. The maximum absolute atomic E-state index is 12.3. The second-order valence-corrected chi connectivity index (χ2v) is 5.64. The third-order valence-corrected chi connectivity index (χ3v) is 4.19. The van der Waals surface area contributed by atoms with Gasteiger partial charge < -0.3 is 14.6 Å². The molecule has 5 nitrogen and oxygen atoms in total. The van der Waals surface area contributed by atoms with Crippen LogP contribution in [0, 0.1) is 0 Å². The minimum absolute atomic E-state index is 0.125. The van der Waals surface area contributed by atoms with Crippen molar-refractivity contribution < 1.29 is 14.1 Å². The highest BCUT2D eigenvalue weighted by Gasteiger charge is 2.28. The van der Waals surface area contributed by atoms with Gasteiger partial charge in [0, 0.05) is 17.2 Å². The molecule has 1 amide bonds. The molecule has 1 aromatic carbocycles. The number of aromatic nitrogens is 1. The lowest BCUT2D eigenvalue weighted by atomic mass is 9.89. The summed E-state index contributed by atoms with van der Waals surface area (Å²) in [7, 11) is 1.65. The number of aryl methyl sites for hydroxylation is 1. The zero-order chi connectivity index (χ0) is 15.7. The highest BCUT2D eigenvalue weighted by molar-refractivity contribution is 5.95. The summed E-state index contributed by atoms with van der Waals surface area (Å²) in [6.07, 6.45) is 2.49. The number of rotatable bonds is 4. The molecule has 1 N–H and O–H groups in total. The molecule has 0 aliphatic heterocycles. The molecule has 0 spiro atoms. The average Bonchev–Trinajstić information content (AvgIpc) is 2.98. The van der Waals surface area contributed by atoms with Gasteiger partial charge in [-0.25, -0.2) is 0 Å². The third kappa shape index (κ3) is 2.47. The van der Waals surface area contributed by atoms with Crippen molar-refractivity contribution in [1.29, 1.82) is 0 Å². The lowest BCUT2D eigenvalue weighted by Crippen LogP contribution is -2.32. The molecule has 2 aromatic rings. The van der Waals surface area contributed by atoms with Crippen LogP contribution in [0.2, 0.25) is 0 Å². The highest BCUT2D eigenvalue weighted by atomic mass is 16.5. The van der Waals surface area contributed by atoms with Gasteiger partial charge in [0.15, 0.2) is 11.5 Å². The topological polar surface area (TPSA) is 64.4 Å². The Kier molecular flexibility index (Phi) is 3.88. The molecule has 5 heteroatoms. The lowest BCUT2D eigenvalue weighted by Gasteiger charge is -2.16. The van der Waals surface area contributed by atoms with Crippen LogP contribution in [0.4, 0.5) is 0 Å². The molecule has 1 atom stereocenters. The van der Waals surface area contributed by atoms with E-state index in [1.165, 1.54) is 0 Å². The van der Waals surface area contributed by atoms with Gasteiger partial charge in [-0.3, -0.25) is 4.79 Å². The molecule has 1 aliphatic rings. The summed E-state index contributed by atoms with van der Waals surface area (Å²) in [5.74, 6) is 1.38. The number of ether oxygens (including phenoxy) is 1. The number of methoxy groups -OCH3 is 1. The predicted octanol–water partition coefficient (Wildman–Crippen LogP) is 2.98. The zero-order valence-electron chi connectivity index (χ0n) is 13.1. The van der Waals surface area contributed by atoms with Gasteiger partial charge in [0.05, 0.1) is 7.11 Å². The Labute approximate surface area is 129 Å². The molecule has 0 bridgehead atoms. The number of fused-ring (bicyclic) bond motifs is 3. The van der Waals surface area contributed by atoms with Crippen LogP contribution in [-0.2, 0) is 12.8 Å². The van der Waals surface area contributed by atoms with Gasteiger partial charge in [0.25, 0.3) is 5.91 Å². The van der Waals surface area contributed by atoms with Gasteiger partial charge in [-0.15, -0.1) is 0 Å². The summed E-state index contributed by atoms with van der Waals surface area (Å²) in [6.45, 7) is 4.01. The summed E-state index contributed by atoms with van der Waals surface area (Å²) < 4.78 is 10.7. The van der Waals surface area contributed by atoms with Gasteiger partial charge in [0.1, 0.15) is 5.75 Å². The van der Waals surface area contributed by atoms with Crippen molar-refractivity contribution >= 4 is 5.91 Å². The minimum atomic E-state index is -0.156. The molecule has 0 radical (unpaired) electrons. The van der Waals surface area contributed by atoms with E-state index in [9.17, 15) is 4.79 Å². The normalized spacial score (nSPS) is 14.0. The van der Waals surface area contributed by atoms with Crippen LogP contribution >= 0.6 is 0 Å². The SMILES string of the molecule is CC[C@@H](C)NC(=O)c1noc2c1CCc1cc(OC)ccc1-2. The molecule has 116 valence electrons. The molecule has 0 saturated heterocycles. The van der Waals surface area contributed by atoms with Crippen molar-refractivity contribution in [2.45, 2.75) is 39.2 Å². The number of benzene rings is 1. The Balaban J connectivity index is 1.94. The molecule has 0 saturated carbocycles. The fourth-order valence-electron chi connectivity index (χ4n) is 2.71. The van der Waals surface area contributed by atoms with Crippen LogP contribution in [0.1, 0.15) is 41.9 Å². The summed E-state index contributed by atoms with van der Waals surface area (Å²) in [5.41, 5.74) is 3.48. The van der Waals surface area contributed by atoms with Gasteiger partial charge in [-0.05, 0) is 49.9 Å². The van der Waals surface area contributed by atoms with E-state index in [1.54, 1.807) is 7.11 Å². The summed E-state index contributed by atoms with van der Waals surface area (Å²) >= 11 is 0. The standard InChI is InChI=1S/C17H20N2O3/c1-4-10(2)18-17(20)15-14-7-5-11-9-12(21-3)6-8-13(11)16(14)22-19-15/h6,8-10H,4-5,7H2,1-3H3,(H,18,20)/t10-/m1/s1. The molecular weight excluding hydrogens is 280 g/mol. The quantitative estimate of drug-likeness (QED) is 0.942. The number of amides is 1. The zero-order valence-corrected chi connectivity index (χ0v) is 13.1. The Bertz CT molecular complexity index is 706. The van der Waals surface area contributed by atoms with Crippen LogP contribution in [0.3, 0.4) is 0 Å². The van der Waals surface area contributed by atoms with Crippen LogP contribution in [0.5, 0.6) is 5.75 Å². The third-order valence-electron chi connectivity index (χ3n) is 4.19. The van der Waals surface area contributed by atoms with Crippen LogP contribution in [0.15, 0.2) is 22.7 Å². The van der Waals surface area contributed by atoms with Gasteiger partial charge in [-0.1, -0.05) is 12.1 Å². The summed E-state index contributed by atoms with van der Waals surface area (Å²) in [5, 5.41) is 6.95. The molecule has 0 unspecified atom stereocenters. The van der Waals surface area contributed by atoms with Crippen molar-refractivity contribution in [3.8, 4) is 17.1 Å². The highest BCUT2D eigenvalue weighted by Crippen LogP contribution is 2.36. The Morgan fingerprint density at radius 2 is 2.27 bits per heavy atom. The number of carbonyl (C=O) groups is 1. The molecule has 1 aliphatic carbocycles. The fraction of sp³-hybridized carbons (Fsp3) is 0.412. The van der Waals surface area contributed by atoms with Gasteiger partial charge in [-0.2, -0.15) is 0 Å². The van der Waals surface area contributed by atoms with Crippen molar-refractivity contribution in [1.82, 2.24) is 10.5 Å². The first-order valence-electron chi connectivity index (χ1n) is 7.60. The monoisotopic (exact) mass is 300 g/mol. The van der Waals surface area contributed by atoms with Gasteiger partial charge >= 0.3 is 0 Å². The number of hydrogen-bond acceptors (Lipinski definition) is 4. The summed E-state index contributed by atoms with van der Waals surface area (Å²) in [4.78, 5) is 12.3. The van der Waals surface area contributed by atoms with Crippen molar-refractivity contribution in [3.63, 3.8) is 0 Å². The Morgan fingerprint density at radius 3 is 3.00 bits per heavy atom. The Hall–Kier alpha value is -2.30. The maximum Gasteiger partial charge on any atom is 0.273 e. The van der Waals surface area contributed by atoms with Crippen molar-refractivity contribution in [3.05, 3.63) is 35.0 Å². The number of nitrogens with zero attached hydrogens (tertiary/aromatic N) is 1. The van der Waals surface area contributed by atoms with Gasteiger partial charge in [0.2, 0.25) is 0 Å². The second kappa shape index (κ2) is 5.83. The van der Waals surface area contributed by atoms with Crippen LogP contribution < -0.4 is 10.1 Å². The van der Waals surface area contributed by atoms with Crippen molar-refractivity contribution in [2.24, 2.45) is 0 Å². The molecule has 0 fully saturated rings. The Morgan fingerprint density at radius 1 is 1.45 bits per heavy atom. The van der Waals surface area contributed by atoms with Crippen molar-refractivity contribution in [2.75, 3.05) is 7.11 Å². The minimum Gasteiger partial charge on any atom is -0.497 e. The van der Waals surface area contributed by atoms with Crippen LogP contribution in [-0.4, -0.2) is 24.2 Å². The fourth-order valence-corrected chi connectivity index (χ4v) is 2.71. The van der Waals surface area contributed by atoms with E-state index in [0.717, 1.165) is 41.7 Å². The summed E-state index contributed by atoms with van der Waals surface area (Å²) in [6, 6.07) is 6.00. The maximum atomic E-state index is 12.3. The average molecular weight is 300 g/mol. The van der Waals surface area contributed by atoms with E-state index in [2.05, 4.69) is 10.5 Å². The van der Waals surface area contributed by atoms with E-state index in [0.29, 0.717) is 11.5 Å². The van der Waals surface area contributed by atoms with E-state index in [-0.39, 0.29) is 11.9 Å². The first-order valence-corrected chi connectivity index (χ1v) is 7.60. The van der Waals surface area contributed by atoms with E-state index < -0.39 is 0 Å². The molecule has 3 rings (SSSR count). The second-order valence-electron chi connectivity index (χ2n) is 5.64. The lowest BCUT2D eigenvalue weighted by molar-refractivity contribution is 0.0929. The predicted molar refractivity (Wildman–Crippen MR) is 83.1 cm³/mol. The number of hydrogen-bond donors (Lipinski definition) is 1. The smallest absolute Gasteiger partial charge is 0.273 e. The first kappa shape index (κ1) is 14.6. The van der Waals surface area contributed by atoms with Crippen LogP contribution in [0.25, 0.3) is 11.3 Å².